The number of benzene rings is 1. The maximum Gasteiger partial charge on any atom is 0.244 e. The standard InChI is InChI=1S/C14H19N3O2S/c1-10-5-6-11(2)14(7-10)12(3)16-20(18,19)13-8-15-17(4)9-13/h5-9,12,16H,1-4H3. The molecule has 2 aromatic rings. The van der Waals surface area contributed by atoms with Crippen molar-refractivity contribution >= 4 is 10.0 Å². The number of rotatable bonds is 4. The summed E-state index contributed by atoms with van der Waals surface area (Å²) < 4.78 is 28.7. The van der Waals surface area contributed by atoms with Crippen molar-refractivity contribution in [2.45, 2.75) is 31.7 Å². The molecule has 0 spiro atoms. The molecular formula is C14H19N3O2S. The summed E-state index contributed by atoms with van der Waals surface area (Å²) >= 11 is 0. The number of hydrogen-bond acceptors (Lipinski definition) is 3. The third-order valence-electron chi connectivity index (χ3n) is 3.22. The van der Waals surface area contributed by atoms with Gasteiger partial charge in [0.2, 0.25) is 10.0 Å². The van der Waals surface area contributed by atoms with Crippen LogP contribution < -0.4 is 4.72 Å². The SMILES string of the molecule is Cc1ccc(C)c(C(C)NS(=O)(=O)c2cnn(C)c2)c1. The lowest BCUT2D eigenvalue weighted by Crippen LogP contribution is -2.27. The van der Waals surface area contributed by atoms with Gasteiger partial charge in [0.1, 0.15) is 4.90 Å². The van der Waals surface area contributed by atoms with Gasteiger partial charge in [0.15, 0.2) is 0 Å². The molecule has 0 aliphatic rings. The lowest BCUT2D eigenvalue weighted by Gasteiger charge is -2.16. The number of aryl methyl sites for hydroxylation is 3. The molecule has 1 heterocycles. The minimum Gasteiger partial charge on any atom is -0.274 e. The van der Waals surface area contributed by atoms with Crippen molar-refractivity contribution in [3.8, 4) is 0 Å². The maximum atomic E-state index is 12.3. The molecule has 20 heavy (non-hydrogen) atoms. The van der Waals surface area contributed by atoms with Crippen molar-refractivity contribution < 1.29 is 8.42 Å². The molecule has 0 aliphatic carbocycles. The van der Waals surface area contributed by atoms with E-state index in [4.69, 9.17) is 0 Å². The molecule has 1 atom stereocenters. The summed E-state index contributed by atoms with van der Waals surface area (Å²) in [5, 5.41) is 3.89. The molecule has 1 N–H and O–H groups in total. The molecule has 0 saturated heterocycles. The van der Waals surface area contributed by atoms with E-state index in [-0.39, 0.29) is 10.9 Å². The molecule has 1 aromatic heterocycles. The molecule has 1 aromatic carbocycles. The van der Waals surface area contributed by atoms with Crippen molar-refractivity contribution in [2.24, 2.45) is 7.05 Å². The quantitative estimate of drug-likeness (QED) is 0.938. The molecule has 5 nitrogen and oxygen atoms in total. The van der Waals surface area contributed by atoms with Crippen molar-refractivity contribution in [3.63, 3.8) is 0 Å². The Labute approximate surface area is 119 Å². The number of nitrogens with one attached hydrogen (secondary N) is 1. The van der Waals surface area contributed by atoms with E-state index in [1.54, 1.807) is 7.05 Å². The van der Waals surface area contributed by atoms with Crippen LogP contribution in [0, 0.1) is 13.8 Å². The summed E-state index contributed by atoms with van der Waals surface area (Å²) in [5.74, 6) is 0. The third kappa shape index (κ3) is 3.08. The fourth-order valence-electron chi connectivity index (χ4n) is 2.13. The van der Waals surface area contributed by atoms with Gasteiger partial charge in [-0.25, -0.2) is 13.1 Å². The topological polar surface area (TPSA) is 64.0 Å². The Morgan fingerprint density at radius 3 is 2.60 bits per heavy atom. The van der Waals surface area contributed by atoms with Crippen LogP contribution in [0.2, 0.25) is 0 Å². The summed E-state index contributed by atoms with van der Waals surface area (Å²) in [5.41, 5.74) is 3.16. The van der Waals surface area contributed by atoms with E-state index in [2.05, 4.69) is 9.82 Å². The number of aromatic nitrogens is 2. The first-order valence-electron chi connectivity index (χ1n) is 6.38. The summed E-state index contributed by atoms with van der Waals surface area (Å²) in [7, 11) is -1.86. The smallest absolute Gasteiger partial charge is 0.244 e. The molecular weight excluding hydrogens is 274 g/mol. The molecule has 1 unspecified atom stereocenters. The molecule has 0 bridgehead atoms. The van der Waals surface area contributed by atoms with Gasteiger partial charge in [-0.15, -0.1) is 0 Å². The van der Waals surface area contributed by atoms with Crippen LogP contribution in [0.4, 0.5) is 0 Å². The van der Waals surface area contributed by atoms with Gasteiger partial charge in [0, 0.05) is 19.3 Å². The van der Waals surface area contributed by atoms with E-state index in [0.29, 0.717) is 0 Å². The van der Waals surface area contributed by atoms with E-state index < -0.39 is 10.0 Å². The van der Waals surface area contributed by atoms with E-state index in [0.717, 1.165) is 16.7 Å². The van der Waals surface area contributed by atoms with Gasteiger partial charge in [-0.2, -0.15) is 5.10 Å². The van der Waals surface area contributed by atoms with Crippen LogP contribution in [-0.2, 0) is 17.1 Å². The largest absolute Gasteiger partial charge is 0.274 e. The van der Waals surface area contributed by atoms with Gasteiger partial charge < -0.3 is 0 Å². The molecule has 0 saturated carbocycles. The van der Waals surface area contributed by atoms with Crippen LogP contribution in [0.25, 0.3) is 0 Å². The zero-order valence-corrected chi connectivity index (χ0v) is 12.9. The molecule has 2 rings (SSSR count). The Bertz CT molecular complexity index is 720. The second-order valence-electron chi connectivity index (χ2n) is 5.05. The first-order chi connectivity index (χ1) is 9.29. The Kier molecular flexibility index (Phi) is 3.96. The second-order valence-corrected chi connectivity index (χ2v) is 6.77. The highest BCUT2D eigenvalue weighted by atomic mass is 32.2. The van der Waals surface area contributed by atoms with E-state index in [1.807, 2.05) is 39.0 Å². The maximum absolute atomic E-state index is 12.3. The van der Waals surface area contributed by atoms with Gasteiger partial charge in [-0.3, -0.25) is 4.68 Å². The Hall–Kier alpha value is -1.66. The van der Waals surface area contributed by atoms with Gasteiger partial charge >= 0.3 is 0 Å². The first kappa shape index (κ1) is 14.7. The zero-order valence-electron chi connectivity index (χ0n) is 12.1. The highest BCUT2D eigenvalue weighted by Crippen LogP contribution is 2.21. The first-order valence-corrected chi connectivity index (χ1v) is 7.86. The fraction of sp³-hybridized carbons (Fsp3) is 0.357. The average Bonchev–Trinajstić information content (AvgIpc) is 2.79. The summed E-state index contributed by atoms with van der Waals surface area (Å²) in [4.78, 5) is 0.178. The van der Waals surface area contributed by atoms with Crippen LogP contribution in [0.3, 0.4) is 0 Å². The normalized spacial score (nSPS) is 13.4. The van der Waals surface area contributed by atoms with Crippen LogP contribution in [0.1, 0.15) is 29.7 Å². The lowest BCUT2D eigenvalue weighted by molar-refractivity contribution is 0.566. The molecule has 6 heteroatoms. The highest BCUT2D eigenvalue weighted by Gasteiger charge is 2.20. The number of hydrogen-bond donors (Lipinski definition) is 1. The number of sulfonamides is 1. The number of nitrogens with zero attached hydrogens (tertiary/aromatic N) is 2. The Balaban J connectivity index is 2.27. The molecule has 0 fully saturated rings. The lowest BCUT2D eigenvalue weighted by atomic mass is 10.0. The van der Waals surface area contributed by atoms with Gasteiger partial charge in [-0.05, 0) is 31.9 Å². The average molecular weight is 293 g/mol. The summed E-state index contributed by atoms with van der Waals surface area (Å²) in [6.45, 7) is 5.81. The van der Waals surface area contributed by atoms with Crippen molar-refractivity contribution in [1.82, 2.24) is 14.5 Å². The molecule has 0 aliphatic heterocycles. The van der Waals surface area contributed by atoms with Crippen molar-refractivity contribution in [2.75, 3.05) is 0 Å². The van der Waals surface area contributed by atoms with E-state index in [1.165, 1.54) is 17.1 Å². The van der Waals surface area contributed by atoms with Gasteiger partial charge in [-0.1, -0.05) is 23.8 Å². The van der Waals surface area contributed by atoms with Crippen LogP contribution in [-0.4, -0.2) is 18.2 Å². The van der Waals surface area contributed by atoms with Crippen LogP contribution >= 0.6 is 0 Å². The summed E-state index contributed by atoms with van der Waals surface area (Å²) in [6, 6.07) is 5.73. The molecule has 0 amide bonds. The third-order valence-corrected chi connectivity index (χ3v) is 4.72. The Morgan fingerprint density at radius 1 is 1.30 bits per heavy atom. The van der Waals surface area contributed by atoms with Crippen LogP contribution in [0.15, 0.2) is 35.5 Å². The van der Waals surface area contributed by atoms with Crippen molar-refractivity contribution in [1.29, 1.82) is 0 Å². The van der Waals surface area contributed by atoms with Gasteiger partial charge in [0.25, 0.3) is 0 Å². The summed E-state index contributed by atoms with van der Waals surface area (Å²) in [6.07, 6.45) is 2.83. The zero-order chi connectivity index (χ0) is 14.9. The van der Waals surface area contributed by atoms with E-state index in [9.17, 15) is 8.42 Å². The molecule has 108 valence electrons. The monoisotopic (exact) mass is 293 g/mol. The molecule has 0 radical (unpaired) electrons. The minimum absolute atomic E-state index is 0.178. The predicted molar refractivity (Wildman–Crippen MR) is 77.9 cm³/mol. The van der Waals surface area contributed by atoms with E-state index >= 15 is 0 Å². The second kappa shape index (κ2) is 5.38. The predicted octanol–water partition coefficient (Wildman–Crippen LogP) is 2.08. The highest BCUT2D eigenvalue weighted by molar-refractivity contribution is 7.89. The van der Waals surface area contributed by atoms with Gasteiger partial charge in [0.05, 0.1) is 6.20 Å². The van der Waals surface area contributed by atoms with Crippen molar-refractivity contribution in [3.05, 3.63) is 47.3 Å². The Morgan fingerprint density at radius 2 is 2.00 bits per heavy atom. The minimum atomic E-state index is -3.55. The fourth-order valence-corrected chi connectivity index (χ4v) is 3.33. The van der Waals surface area contributed by atoms with Crippen LogP contribution in [0.5, 0.6) is 0 Å².